The van der Waals surface area contributed by atoms with Gasteiger partial charge in [-0.1, -0.05) is 42.5 Å². The Morgan fingerprint density at radius 2 is 1.83 bits per heavy atom. The fourth-order valence-electron chi connectivity index (χ4n) is 3.81. The SMILES string of the molecule is CNC[C@@H](O)[C@H](c1ccccc1)n1ccc2cc(OCc3cccc(F)c3)ccc21. The first kappa shape index (κ1) is 20.1. The largest absolute Gasteiger partial charge is 0.489 e. The van der Waals surface area contributed by atoms with Crippen molar-refractivity contribution in [1.29, 1.82) is 0 Å². The van der Waals surface area contributed by atoms with Gasteiger partial charge in [0.15, 0.2) is 0 Å². The monoisotopic (exact) mass is 404 g/mol. The summed E-state index contributed by atoms with van der Waals surface area (Å²) in [4.78, 5) is 0. The molecule has 0 saturated heterocycles. The van der Waals surface area contributed by atoms with Gasteiger partial charge in [0.2, 0.25) is 0 Å². The Kier molecular flexibility index (Phi) is 6.12. The van der Waals surface area contributed by atoms with E-state index in [-0.39, 0.29) is 11.9 Å². The van der Waals surface area contributed by atoms with Crippen LogP contribution in [0.25, 0.3) is 10.9 Å². The number of halogens is 1. The van der Waals surface area contributed by atoms with E-state index in [1.807, 2.05) is 73.9 Å². The highest BCUT2D eigenvalue weighted by Gasteiger charge is 2.23. The third-order valence-corrected chi connectivity index (χ3v) is 5.20. The molecule has 0 aliphatic rings. The second kappa shape index (κ2) is 9.11. The highest BCUT2D eigenvalue weighted by molar-refractivity contribution is 5.82. The maximum absolute atomic E-state index is 13.4. The van der Waals surface area contributed by atoms with Crippen molar-refractivity contribution in [3.8, 4) is 5.75 Å². The first-order valence-corrected chi connectivity index (χ1v) is 10.0. The molecule has 0 saturated carbocycles. The molecule has 4 nitrogen and oxygen atoms in total. The number of rotatable bonds is 8. The van der Waals surface area contributed by atoms with E-state index >= 15 is 0 Å². The topological polar surface area (TPSA) is 46.4 Å². The lowest BCUT2D eigenvalue weighted by Gasteiger charge is -2.26. The summed E-state index contributed by atoms with van der Waals surface area (Å²) in [6.07, 6.45) is 1.41. The van der Waals surface area contributed by atoms with Gasteiger partial charge in [0.1, 0.15) is 18.2 Å². The molecule has 1 heterocycles. The molecule has 0 aliphatic heterocycles. The van der Waals surface area contributed by atoms with Crippen molar-refractivity contribution in [2.75, 3.05) is 13.6 Å². The minimum Gasteiger partial charge on any atom is -0.489 e. The Labute approximate surface area is 175 Å². The first-order chi connectivity index (χ1) is 14.7. The van der Waals surface area contributed by atoms with Gasteiger partial charge in [0, 0.05) is 23.6 Å². The van der Waals surface area contributed by atoms with Gasteiger partial charge in [-0.25, -0.2) is 4.39 Å². The maximum Gasteiger partial charge on any atom is 0.123 e. The summed E-state index contributed by atoms with van der Waals surface area (Å²) in [7, 11) is 1.83. The Morgan fingerprint density at radius 1 is 1.00 bits per heavy atom. The highest BCUT2D eigenvalue weighted by atomic mass is 19.1. The Morgan fingerprint density at radius 3 is 2.60 bits per heavy atom. The molecule has 2 atom stereocenters. The fraction of sp³-hybridized carbons (Fsp3) is 0.200. The van der Waals surface area contributed by atoms with Crippen LogP contribution in [-0.2, 0) is 6.61 Å². The zero-order valence-electron chi connectivity index (χ0n) is 16.8. The van der Waals surface area contributed by atoms with Crippen LogP contribution in [0.1, 0.15) is 17.2 Å². The number of fused-ring (bicyclic) bond motifs is 1. The quantitative estimate of drug-likeness (QED) is 0.454. The lowest BCUT2D eigenvalue weighted by Crippen LogP contribution is -2.33. The summed E-state index contributed by atoms with van der Waals surface area (Å²) in [6, 6.07) is 24.1. The van der Waals surface area contributed by atoms with E-state index in [0.29, 0.717) is 13.2 Å². The van der Waals surface area contributed by atoms with Gasteiger partial charge < -0.3 is 19.7 Å². The van der Waals surface area contributed by atoms with Gasteiger partial charge in [-0.15, -0.1) is 0 Å². The van der Waals surface area contributed by atoms with Crippen molar-refractivity contribution >= 4 is 10.9 Å². The molecule has 5 heteroatoms. The number of nitrogens with zero attached hydrogens (tertiary/aromatic N) is 1. The second-order valence-corrected chi connectivity index (χ2v) is 7.34. The molecule has 4 aromatic rings. The third-order valence-electron chi connectivity index (χ3n) is 5.20. The van der Waals surface area contributed by atoms with Crippen LogP contribution in [0.5, 0.6) is 5.75 Å². The molecule has 0 spiro atoms. The van der Waals surface area contributed by atoms with Crippen LogP contribution in [0.4, 0.5) is 4.39 Å². The van der Waals surface area contributed by atoms with E-state index in [0.717, 1.165) is 27.8 Å². The fourth-order valence-corrected chi connectivity index (χ4v) is 3.81. The van der Waals surface area contributed by atoms with Crippen LogP contribution >= 0.6 is 0 Å². The molecule has 3 aromatic carbocycles. The molecule has 0 unspecified atom stereocenters. The number of hydrogen-bond donors (Lipinski definition) is 2. The number of hydrogen-bond acceptors (Lipinski definition) is 3. The Hall–Kier alpha value is -3.15. The molecular formula is C25H25FN2O2. The van der Waals surface area contributed by atoms with Crippen molar-refractivity contribution in [2.24, 2.45) is 0 Å². The normalized spacial score (nSPS) is 13.3. The van der Waals surface area contributed by atoms with Gasteiger partial charge >= 0.3 is 0 Å². The number of likely N-dealkylation sites (N-methyl/N-ethyl adjacent to an activating group) is 1. The third kappa shape index (κ3) is 4.37. The molecule has 4 rings (SSSR count). The second-order valence-electron chi connectivity index (χ2n) is 7.34. The zero-order chi connectivity index (χ0) is 20.9. The number of aliphatic hydroxyl groups is 1. The summed E-state index contributed by atoms with van der Waals surface area (Å²) in [5.41, 5.74) is 2.84. The van der Waals surface area contributed by atoms with Crippen molar-refractivity contribution in [3.05, 3.63) is 102 Å². The van der Waals surface area contributed by atoms with Crippen LogP contribution in [0, 0.1) is 5.82 Å². The molecule has 30 heavy (non-hydrogen) atoms. The Balaban J connectivity index is 1.61. The predicted octanol–water partition coefficient (Wildman–Crippen LogP) is 4.53. The van der Waals surface area contributed by atoms with Crippen LogP contribution in [-0.4, -0.2) is 29.4 Å². The molecule has 154 valence electrons. The number of ether oxygens (including phenoxy) is 1. The minimum atomic E-state index is -0.586. The van der Waals surface area contributed by atoms with Crippen LogP contribution < -0.4 is 10.1 Å². The lowest BCUT2D eigenvalue weighted by molar-refractivity contribution is 0.132. The smallest absolute Gasteiger partial charge is 0.123 e. The minimum absolute atomic E-state index is 0.213. The molecule has 0 fully saturated rings. The average molecular weight is 404 g/mol. The average Bonchev–Trinajstić information content (AvgIpc) is 3.16. The van der Waals surface area contributed by atoms with Gasteiger partial charge in [-0.3, -0.25) is 0 Å². The highest BCUT2D eigenvalue weighted by Crippen LogP contribution is 2.30. The number of benzene rings is 3. The van der Waals surface area contributed by atoms with E-state index in [1.165, 1.54) is 12.1 Å². The van der Waals surface area contributed by atoms with E-state index in [1.54, 1.807) is 6.07 Å². The molecule has 0 aliphatic carbocycles. The molecule has 0 amide bonds. The summed E-state index contributed by atoms with van der Waals surface area (Å²) in [5.74, 6) is 0.451. The van der Waals surface area contributed by atoms with Crippen molar-refractivity contribution < 1.29 is 14.2 Å². The molecule has 2 N–H and O–H groups in total. The van der Waals surface area contributed by atoms with Gasteiger partial charge in [-0.2, -0.15) is 0 Å². The van der Waals surface area contributed by atoms with E-state index < -0.39 is 6.10 Å². The van der Waals surface area contributed by atoms with E-state index in [9.17, 15) is 9.50 Å². The van der Waals surface area contributed by atoms with Gasteiger partial charge in [-0.05, 0) is 54.6 Å². The Bertz CT molecular complexity index is 1110. The van der Waals surface area contributed by atoms with Crippen molar-refractivity contribution in [1.82, 2.24) is 9.88 Å². The van der Waals surface area contributed by atoms with Crippen LogP contribution in [0.3, 0.4) is 0 Å². The number of aromatic nitrogens is 1. The van der Waals surface area contributed by atoms with Crippen molar-refractivity contribution in [2.45, 2.75) is 18.8 Å². The lowest BCUT2D eigenvalue weighted by atomic mass is 10.0. The first-order valence-electron chi connectivity index (χ1n) is 10.0. The summed E-state index contributed by atoms with van der Waals surface area (Å²) in [5, 5.41) is 14.9. The maximum atomic E-state index is 13.4. The van der Waals surface area contributed by atoms with E-state index in [2.05, 4.69) is 9.88 Å². The van der Waals surface area contributed by atoms with Crippen LogP contribution in [0.2, 0.25) is 0 Å². The number of aliphatic hydroxyl groups excluding tert-OH is 1. The summed E-state index contributed by atoms with van der Waals surface area (Å²) < 4.78 is 21.3. The van der Waals surface area contributed by atoms with E-state index in [4.69, 9.17) is 4.74 Å². The van der Waals surface area contributed by atoms with Crippen molar-refractivity contribution in [3.63, 3.8) is 0 Å². The molecular weight excluding hydrogens is 379 g/mol. The predicted molar refractivity (Wildman–Crippen MR) is 117 cm³/mol. The zero-order valence-corrected chi connectivity index (χ0v) is 16.8. The number of nitrogens with one attached hydrogen (secondary N) is 1. The molecule has 1 aromatic heterocycles. The molecule has 0 bridgehead atoms. The van der Waals surface area contributed by atoms with Crippen LogP contribution in [0.15, 0.2) is 85.1 Å². The van der Waals surface area contributed by atoms with Gasteiger partial charge in [0.05, 0.1) is 12.1 Å². The molecule has 0 radical (unpaired) electrons. The summed E-state index contributed by atoms with van der Waals surface area (Å²) in [6.45, 7) is 0.783. The summed E-state index contributed by atoms with van der Waals surface area (Å²) >= 11 is 0. The standard InChI is InChI=1S/C25H25FN2O2/c1-27-16-24(29)25(19-7-3-2-4-8-19)28-13-12-20-15-22(10-11-23(20)28)30-17-18-6-5-9-21(26)14-18/h2-15,24-25,27,29H,16-17H2,1H3/t24-,25+/m1/s1. The van der Waals surface area contributed by atoms with Gasteiger partial charge in [0.25, 0.3) is 0 Å².